The highest BCUT2D eigenvalue weighted by molar-refractivity contribution is 5.61. The Balaban J connectivity index is 4.23. The van der Waals surface area contributed by atoms with Gasteiger partial charge in [-0.15, -0.1) is 0 Å². The molecule has 0 aromatic heterocycles. The number of methoxy groups -OCH3 is 2. The molecule has 0 saturated carbocycles. The van der Waals surface area contributed by atoms with Crippen molar-refractivity contribution < 1.29 is 62.2 Å². The second kappa shape index (κ2) is 5.79. The molecule has 1 aliphatic rings. The molecule has 1 aliphatic carbocycles. The molecule has 0 bridgehead atoms. The first kappa shape index (κ1) is 21.6. The molecule has 0 spiro atoms. The molecule has 0 atom stereocenters. The van der Waals surface area contributed by atoms with E-state index in [2.05, 4.69) is 9.47 Å². The third-order valence-electron chi connectivity index (χ3n) is 3.12. The normalized spacial score (nSPS) is 19.9. The highest BCUT2D eigenvalue weighted by atomic mass is 19.4. The lowest BCUT2D eigenvalue weighted by atomic mass is 10.00. The van der Waals surface area contributed by atoms with Crippen LogP contribution in [0.2, 0.25) is 0 Å². The quantitative estimate of drug-likeness (QED) is 0.490. The van der Waals surface area contributed by atoms with E-state index in [4.69, 9.17) is 0 Å². The summed E-state index contributed by atoms with van der Waals surface area (Å²) in [6.07, 6.45) is -25.5. The maximum atomic E-state index is 13.1. The lowest BCUT2D eigenvalue weighted by molar-refractivity contribution is -0.226. The monoisotopic (exact) mass is 398 g/mol. The molecule has 146 valence electrons. The van der Waals surface area contributed by atoms with E-state index in [0.29, 0.717) is 0 Å². The maximum absolute atomic E-state index is 13.1. The van der Waals surface area contributed by atoms with Crippen LogP contribution in [0.4, 0.5) is 52.7 Å². The van der Waals surface area contributed by atoms with Crippen LogP contribution >= 0.6 is 0 Å². The van der Waals surface area contributed by atoms with Gasteiger partial charge in [0.2, 0.25) is 5.79 Å². The van der Waals surface area contributed by atoms with Crippen molar-refractivity contribution in [1.82, 2.24) is 0 Å². The Morgan fingerprint density at radius 1 is 0.520 bits per heavy atom. The molecule has 2 nitrogen and oxygen atoms in total. The molecule has 0 amide bonds. The van der Waals surface area contributed by atoms with Gasteiger partial charge in [0.25, 0.3) is 0 Å². The predicted molar refractivity (Wildman–Crippen MR) is 55.0 cm³/mol. The van der Waals surface area contributed by atoms with Crippen LogP contribution in [0.3, 0.4) is 0 Å². The topological polar surface area (TPSA) is 18.5 Å². The van der Waals surface area contributed by atoms with Crippen LogP contribution in [-0.4, -0.2) is 44.7 Å². The summed E-state index contributed by atoms with van der Waals surface area (Å²) in [5.41, 5.74) is -13.7. The van der Waals surface area contributed by atoms with Crippen molar-refractivity contribution >= 4 is 0 Å². The number of rotatable bonds is 2. The minimum atomic E-state index is -6.44. The highest BCUT2D eigenvalue weighted by Gasteiger charge is 2.71. The molecular formula is C11H6F12O2. The summed E-state index contributed by atoms with van der Waals surface area (Å²) in [7, 11) is 0.0998. The van der Waals surface area contributed by atoms with E-state index in [1.54, 1.807) is 0 Å². The zero-order valence-corrected chi connectivity index (χ0v) is 11.9. The number of halogens is 12. The summed E-state index contributed by atoms with van der Waals surface area (Å²) < 4.78 is 163. The van der Waals surface area contributed by atoms with Crippen molar-refractivity contribution in [1.29, 1.82) is 0 Å². The highest BCUT2D eigenvalue weighted by Crippen LogP contribution is 2.61. The van der Waals surface area contributed by atoms with Gasteiger partial charge in [-0.05, 0) is 0 Å². The average molecular weight is 398 g/mol. The molecule has 0 aromatic carbocycles. The molecule has 1 rings (SSSR count). The first-order chi connectivity index (χ1) is 10.9. The van der Waals surface area contributed by atoms with Crippen molar-refractivity contribution in [2.75, 3.05) is 14.2 Å². The van der Waals surface area contributed by atoms with Gasteiger partial charge in [0, 0.05) is 14.2 Å². The van der Waals surface area contributed by atoms with Gasteiger partial charge in [0.1, 0.15) is 11.1 Å². The molecule has 0 heterocycles. The van der Waals surface area contributed by atoms with Crippen LogP contribution in [0.15, 0.2) is 22.3 Å². The number of ether oxygens (including phenoxy) is 2. The minimum Gasteiger partial charge on any atom is -0.346 e. The zero-order valence-electron chi connectivity index (χ0n) is 11.9. The molecule has 25 heavy (non-hydrogen) atoms. The van der Waals surface area contributed by atoms with Gasteiger partial charge in [0.15, 0.2) is 0 Å². The Bertz CT molecular complexity index is 545. The first-order valence-corrected chi connectivity index (χ1v) is 5.74. The van der Waals surface area contributed by atoms with Gasteiger partial charge in [0.05, 0.1) is 11.1 Å². The molecule has 0 radical (unpaired) electrons. The predicted octanol–water partition coefficient (Wildman–Crippen LogP) is 4.83. The van der Waals surface area contributed by atoms with Crippen molar-refractivity contribution in [3.8, 4) is 0 Å². The Labute approximate surface area is 130 Å². The largest absolute Gasteiger partial charge is 0.418 e. The number of hydrogen-bond acceptors (Lipinski definition) is 2. The fourth-order valence-electron chi connectivity index (χ4n) is 2.42. The minimum absolute atomic E-state index is 0.0499. The summed E-state index contributed by atoms with van der Waals surface area (Å²) >= 11 is 0. The summed E-state index contributed by atoms with van der Waals surface area (Å²) in [6.45, 7) is 0. The fraction of sp³-hybridized carbons (Fsp3) is 0.636. The van der Waals surface area contributed by atoms with Gasteiger partial charge in [-0.3, -0.25) is 0 Å². The first-order valence-electron chi connectivity index (χ1n) is 5.74. The van der Waals surface area contributed by atoms with Crippen molar-refractivity contribution in [2.24, 2.45) is 0 Å². The molecule has 14 heteroatoms. The number of alkyl halides is 12. The van der Waals surface area contributed by atoms with E-state index in [-0.39, 0.29) is 14.2 Å². The Morgan fingerprint density at radius 3 is 0.880 bits per heavy atom. The van der Waals surface area contributed by atoms with Gasteiger partial charge >= 0.3 is 24.7 Å². The summed E-state index contributed by atoms with van der Waals surface area (Å²) in [4.78, 5) is 0. The third kappa shape index (κ3) is 3.45. The maximum Gasteiger partial charge on any atom is 0.418 e. The second-order valence-corrected chi connectivity index (χ2v) is 4.52. The second-order valence-electron chi connectivity index (χ2n) is 4.52. The van der Waals surface area contributed by atoms with Crippen molar-refractivity contribution in [3.63, 3.8) is 0 Å². The average Bonchev–Trinajstić information content (AvgIpc) is 2.69. The third-order valence-corrected chi connectivity index (χ3v) is 3.12. The van der Waals surface area contributed by atoms with E-state index in [0.717, 1.165) is 0 Å². The SMILES string of the molecule is COC1(OC)C(C(F)(F)F)=C(C(F)(F)F)C(C(F)(F)F)=C1C(F)(F)F. The van der Waals surface area contributed by atoms with E-state index in [1.165, 1.54) is 0 Å². The molecule has 0 saturated heterocycles. The van der Waals surface area contributed by atoms with E-state index in [9.17, 15) is 52.7 Å². The van der Waals surface area contributed by atoms with Crippen LogP contribution in [0, 0.1) is 0 Å². The van der Waals surface area contributed by atoms with Gasteiger partial charge < -0.3 is 9.47 Å². The van der Waals surface area contributed by atoms with Gasteiger partial charge in [-0.2, -0.15) is 52.7 Å². The summed E-state index contributed by atoms with van der Waals surface area (Å²) in [6, 6.07) is 0. The van der Waals surface area contributed by atoms with Crippen molar-refractivity contribution in [3.05, 3.63) is 22.3 Å². The summed E-state index contributed by atoms with van der Waals surface area (Å²) in [5.74, 6) is -4.49. The van der Waals surface area contributed by atoms with Crippen LogP contribution in [-0.2, 0) is 9.47 Å². The molecule has 0 aliphatic heterocycles. The van der Waals surface area contributed by atoms with Gasteiger partial charge in [-0.1, -0.05) is 0 Å². The van der Waals surface area contributed by atoms with E-state index in [1.807, 2.05) is 0 Å². The van der Waals surface area contributed by atoms with Crippen molar-refractivity contribution in [2.45, 2.75) is 30.5 Å². The Morgan fingerprint density at radius 2 is 0.760 bits per heavy atom. The molecule has 0 fully saturated rings. The zero-order chi connectivity index (χ0) is 20.2. The number of hydrogen-bond donors (Lipinski definition) is 0. The smallest absolute Gasteiger partial charge is 0.346 e. The van der Waals surface area contributed by atoms with E-state index >= 15 is 0 Å². The Kier molecular flexibility index (Phi) is 5.00. The molecular weight excluding hydrogens is 392 g/mol. The van der Waals surface area contributed by atoms with Crippen LogP contribution < -0.4 is 0 Å². The number of allylic oxidation sites excluding steroid dienone is 2. The standard InChI is InChI=1S/C11H6F12O2/c1-24-7(25-2)5(10(18,19)20)3(8(12,13)14)4(9(15,16)17)6(7)11(21,22)23/h1-2H3. The lowest BCUT2D eigenvalue weighted by Crippen LogP contribution is -2.46. The molecule has 0 unspecified atom stereocenters. The fourth-order valence-corrected chi connectivity index (χ4v) is 2.42. The van der Waals surface area contributed by atoms with E-state index < -0.39 is 52.8 Å². The molecule has 0 aromatic rings. The van der Waals surface area contributed by atoms with Gasteiger partial charge in [-0.25, -0.2) is 0 Å². The molecule has 0 N–H and O–H groups in total. The Hall–Kier alpha value is -1.44. The van der Waals surface area contributed by atoms with Crippen LogP contribution in [0.5, 0.6) is 0 Å². The van der Waals surface area contributed by atoms with Crippen LogP contribution in [0.1, 0.15) is 0 Å². The van der Waals surface area contributed by atoms with Crippen LogP contribution in [0.25, 0.3) is 0 Å². The lowest BCUT2D eigenvalue weighted by Gasteiger charge is -2.34. The summed E-state index contributed by atoms with van der Waals surface area (Å²) in [5, 5.41) is 0.